The maximum atomic E-state index is 6.96. The van der Waals surface area contributed by atoms with Gasteiger partial charge >= 0.3 is 0 Å². The Morgan fingerprint density at radius 3 is 2.72 bits per heavy atom. The van der Waals surface area contributed by atoms with Crippen LogP contribution in [0, 0.1) is 23.2 Å². The highest BCUT2D eigenvalue weighted by Gasteiger charge is 2.57. The van der Waals surface area contributed by atoms with Gasteiger partial charge in [-0.1, -0.05) is 13.8 Å². The maximum absolute atomic E-state index is 6.96. The van der Waals surface area contributed by atoms with Crippen LogP contribution in [0.15, 0.2) is 39.2 Å². The van der Waals surface area contributed by atoms with Gasteiger partial charge in [-0.15, -0.1) is 0 Å². The number of allylic oxidation sites excluding steroid dienone is 1. The molecule has 174 valence electrons. The molecule has 6 aliphatic rings. The number of ether oxygens (including phenoxy) is 2. The van der Waals surface area contributed by atoms with E-state index in [0.717, 1.165) is 63.2 Å². The van der Waals surface area contributed by atoms with Crippen molar-refractivity contribution in [1.29, 1.82) is 0 Å². The number of nitrogens with one attached hydrogen (secondary N) is 1. The van der Waals surface area contributed by atoms with Crippen LogP contribution in [-0.4, -0.2) is 61.8 Å². The summed E-state index contributed by atoms with van der Waals surface area (Å²) < 4.78 is 12.1. The molecule has 0 amide bonds. The zero-order valence-electron chi connectivity index (χ0n) is 19.3. The third-order valence-corrected chi connectivity index (χ3v) is 8.48. The van der Waals surface area contributed by atoms with Crippen molar-refractivity contribution < 1.29 is 9.47 Å². The summed E-state index contributed by atoms with van der Waals surface area (Å²) in [6.07, 6.45) is 6.38. The lowest BCUT2D eigenvalue weighted by molar-refractivity contribution is -0.00817. The van der Waals surface area contributed by atoms with E-state index in [4.69, 9.17) is 20.9 Å². The third kappa shape index (κ3) is 3.14. The minimum atomic E-state index is -0.210. The molecular weight excluding hydrogens is 404 g/mol. The molecule has 1 saturated heterocycles. The largest absolute Gasteiger partial charge is 0.460 e. The van der Waals surface area contributed by atoms with E-state index in [9.17, 15) is 0 Å². The molecule has 8 heteroatoms. The Morgan fingerprint density at radius 2 is 1.97 bits per heavy atom. The van der Waals surface area contributed by atoms with Gasteiger partial charge in [0.1, 0.15) is 5.82 Å². The van der Waals surface area contributed by atoms with Gasteiger partial charge in [-0.3, -0.25) is 4.90 Å². The molecule has 3 atom stereocenters. The SMILES string of the molecule is CC1(C)CCC2=C(N)N(CCN3CCOCC3)C3OC4=C(N)N=CNC4=C3C2C1C1CC1. The predicted octanol–water partition coefficient (Wildman–Crippen LogP) is 1.64. The van der Waals surface area contributed by atoms with E-state index in [-0.39, 0.29) is 11.6 Å². The molecule has 4 heterocycles. The Balaban J connectivity index is 1.41. The highest BCUT2D eigenvalue weighted by molar-refractivity contribution is 5.67. The Morgan fingerprint density at radius 1 is 1.19 bits per heavy atom. The molecule has 0 radical (unpaired) electrons. The molecule has 6 rings (SSSR count). The number of nitrogens with zero attached hydrogens (tertiary/aromatic N) is 3. The summed E-state index contributed by atoms with van der Waals surface area (Å²) in [5.41, 5.74) is 17.3. The second-order valence-electron chi connectivity index (χ2n) is 10.8. The van der Waals surface area contributed by atoms with Crippen molar-refractivity contribution in [1.82, 2.24) is 15.1 Å². The molecule has 0 bridgehead atoms. The van der Waals surface area contributed by atoms with Crippen LogP contribution in [0.5, 0.6) is 0 Å². The third-order valence-electron chi connectivity index (χ3n) is 8.48. The van der Waals surface area contributed by atoms with Gasteiger partial charge < -0.3 is 31.2 Å². The molecule has 0 aromatic rings. The normalized spacial score (nSPS) is 34.2. The minimum absolute atomic E-state index is 0.210. The zero-order valence-corrected chi connectivity index (χ0v) is 19.3. The molecule has 32 heavy (non-hydrogen) atoms. The summed E-state index contributed by atoms with van der Waals surface area (Å²) >= 11 is 0. The van der Waals surface area contributed by atoms with Gasteiger partial charge in [0.15, 0.2) is 17.8 Å². The van der Waals surface area contributed by atoms with E-state index in [1.807, 2.05) is 0 Å². The standard InChI is InChI=1S/C24H36N6O2/c1-24(2)6-5-15-16(18(24)14-3-4-14)17-19-20(21(25)28-13-27-19)32-23(17)30(22(15)26)8-7-29-9-11-31-12-10-29/h13-14,16,18,23H,3-12,25-26H2,1-2H3,(H,27,28). The van der Waals surface area contributed by atoms with Crippen LogP contribution in [-0.2, 0) is 9.47 Å². The Kier molecular flexibility index (Phi) is 4.73. The molecule has 0 aromatic heterocycles. The molecular formula is C24H36N6O2. The van der Waals surface area contributed by atoms with E-state index < -0.39 is 0 Å². The van der Waals surface area contributed by atoms with Crippen molar-refractivity contribution in [2.75, 3.05) is 39.4 Å². The van der Waals surface area contributed by atoms with Gasteiger partial charge in [0.25, 0.3) is 0 Å². The average molecular weight is 441 g/mol. The minimum Gasteiger partial charge on any atom is -0.460 e. The van der Waals surface area contributed by atoms with E-state index in [0.29, 0.717) is 23.4 Å². The first-order valence-corrected chi connectivity index (χ1v) is 12.2. The van der Waals surface area contributed by atoms with Crippen LogP contribution in [0.25, 0.3) is 0 Å². The first-order chi connectivity index (χ1) is 15.5. The molecule has 0 aromatic carbocycles. The van der Waals surface area contributed by atoms with Gasteiger partial charge in [-0.25, -0.2) is 4.99 Å². The van der Waals surface area contributed by atoms with Crippen LogP contribution < -0.4 is 16.8 Å². The van der Waals surface area contributed by atoms with Gasteiger partial charge in [-0.2, -0.15) is 0 Å². The van der Waals surface area contributed by atoms with Crippen molar-refractivity contribution >= 4 is 6.34 Å². The van der Waals surface area contributed by atoms with Gasteiger partial charge in [0.2, 0.25) is 0 Å². The fourth-order valence-corrected chi connectivity index (χ4v) is 6.70. The molecule has 5 N–H and O–H groups in total. The number of hydrogen-bond acceptors (Lipinski definition) is 8. The number of fused-ring (bicyclic) bond motifs is 4. The van der Waals surface area contributed by atoms with Gasteiger partial charge in [0.05, 0.1) is 25.2 Å². The van der Waals surface area contributed by atoms with Crippen LogP contribution in [0.4, 0.5) is 0 Å². The van der Waals surface area contributed by atoms with E-state index in [1.54, 1.807) is 6.34 Å². The average Bonchev–Trinajstić information content (AvgIpc) is 3.53. The summed E-state index contributed by atoms with van der Waals surface area (Å²) in [7, 11) is 0. The monoisotopic (exact) mass is 440 g/mol. The van der Waals surface area contributed by atoms with E-state index in [1.165, 1.54) is 30.4 Å². The number of nitrogens with two attached hydrogens (primary N) is 2. The van der Waals surface area contributed by atoms with Crippen LogP contribution in [0.3, 0.4) is 0 Å². The second kappa shape index (κ2) is 7.42. The molecule has 3 fully saturated rings. The number of rotatable bonds is 4. The molecule has 2 saturated carbocycles. The highest BCUT2D eigenvalue weighted by Crippen LogP contribution is 2.61. The van der Waals surface area contributed by atoms with Crippen molar-refractivity contribution in [3.63, 3.8) is 0 Å². The number of hydrogen-bond donors (Lipinski definition) is 3. The van der Waals surface area contributed by atoms with Crippen LogP contribution >= 0.6 is 0 Å². The molecule has 4 aliphatic heterocycles. The Hall–Kier alpha value is -2.19. The fraction of sp³-hybridized carbons (Fsp3) is 0.708. The predicted molar refractivity (Wildman–Crippen MR) is 123 cm³/mol. The van der Waals surface area contributed by atoms with E-state index >= 15 is 0 Å². The van der Waals surface area contributed by atoms with Crippen LogP contribution in [0.2, 0.25) is 0 Å². The van der Waals surface area contributed by atoms with Crippen molar-refractivity contribution in [3.05, 3.63) is 34.2 Å². The smallest absolute Gasteiger partial charge is 0.199 e. The Bertz CT molecular complexity index is 925. The van der Waals surface area contributed by atoms with E-state index in [2.05, 4.69) is 34.0 Å². The quantitative estimate of drug-likeness (QED) is 0.611. The van der Waals surface area contributed by atoms with Crippen molar-refractivity contribution in [3.8, 4) is 0 Å². The van der Waals surface area contributed by atoms with Gasteiger partial charge in [0, 0.05) is 37.7 Å². The maximum Gasteiger partial charge on any atom is 0.199 e. The lowest BCUT2D eigenvalue weighted by Gasteiger charge is -2.52. The highest BCUT2D eigenvalue weighted by atomic mass is 16.5. The van der Waals surface area contributed by atoms with Crippen molar-refractivity contribution in [2.45, 2.75) is 45.8 Å². The summed E-state index contributed by atoms with van der Waals surface area (Å²) in [6, 6.07) is 0. The summed E-state index contributed by atoms with van der Waals surface area (Å²) in [4.78, 5) is 9.01. The topological polar surface area (TPSA) is 101 Å². The second-order valence-corrected chi connectivity index (χ2v) is 10.8. The lowest BCUT2D eigenvalue weighted by atomic mass is 9.57. The fourth-order valence-electron chi connectivity index (χ4n) is 6.70. The molecule has 3 unspecified atom stereocenters. The zero-order chi connectivity index (χ0) is 22.0. The molecule has 8 nitrogen and oxygen atoms in total. The summed E-state index contributed by atoms with van der Waals surface area (Å²) in [5.74, 6) is 3.74. The Labute approximate surface area is 190 Å². The first-order valence-electron chi connectivity index (χ1n) is 12.2. The molecule has 2 aliphatic carbocycles. The lowest BCUT2D eigenvalue weighted by Crippen LogP contribution is -2.53. The van der Waals surface area contributed by atoms with Gasteiger partial charge in [-0.05, 0) is 48.5 Å². The first kappa shape index (κ1) is 20.4. The number of morpholine rings is 1. The van der Waals surface area contributed by atoms with Crippen LogP contribution in [0.1, 0.15) is 39.5 Å². The van der Waals surface area contributed by atoms with Crippen molar-refractivity contribution in [2.24, 2.45) is 39.6 Å². The summed E-state index contributed by atoms with van der Waals surface area (Å²) in [6.45, 7) is 10.2. The summed E-state index contributed by atoms with van der Waals surface area (Å²) in [5, 5.41) is 3.40. The molecule has 0 spiro atoms. The number of aliphatic imine (C=N–C) groups is 1.